The second-order valence-electron chi connectivity index (χ2n) is 5.83. The van der Waals surface area contributed by atoms with E-state index in [4.69, 9.17) is 0 Å². The molecule has 0 unspecified atom stereocenters. The molecule has 1 aromatic carbocycles. The fourth-order valence-electron chi connectivity index (χ4n) is 3.20. The Kier molecular flexibility index (Phi) is 3.26. The summed E-state index contributed by atoms with van der Waals surface area (Å²) in [6.45, 7) is 3.61. The molecule has 0 bridgehead atoms. The summed E-state index contributed by atoms with van der Waals surface area (Å²) in [5.41, 5.74) is 3.51. The minimum atomic E-state index is -0.000342. The Bertz CT molecular complexity index is 834. The number of hydrogen-bond acceptors (Lipinski definition) is 2. The van der Waals surface area contributed by atoms with Crippen LogP contribution >= 0.6 is 0 Å². The van der Waals surface area contributed by atoms with Crippen molar-refractivity contribution in [2.75, 3.05) is 6.54 Å². The van der Waals surface area contributed by atoms with Crippen LogP contribution in [0.1, 0.15) is 29.1 Å². The predicted octanol–water partition coefficient (Wildman–Crippen LogP) is 3.10. The monoisotopic (exact) mass is 306 g/mol. The van der Waals surface area contributed by atoms with Crippen molar-refractivity contribution < 1.29 is 4.79 Å². The molecule has 1 aliphatic heterocycles. The van der Waals surface area contributed by atoms with Gasteiger partial charge in [0.05, 0.1) is 11.7 Å². The molecule has 0 spiro atoms. The van der Waals surface area contributed by atoms with Crippen LogP contribution in [0, 0.1) is 0 Å². The topological polar surface area (TPSA) is 53.9 Å². The third-order valence-electron chi connectivity index (χ3n) is 4.48. The highest BCUT2D eigenvalue weighted by molar-refractivity contribution is 5.93. The largest absolute Gasteiger partial charge is 0.348 e. The molecule has 3 heterocycles. The van der Waals surface area contributed by atoms with Gasteiger partial charge in [-0.3, -0.25) is 9.89 Å². The van der Waals surface area contributed by atoms with Gasteiger partial charge in [-0.25, -0.2) is 0 Å². The summed E-state index contributed by atoms with van der Waals surface area (Å²) in [6, 6.07) is 15.9. The summed E-state index contributed by atoms with van der Waals surface area (Å²) in [7, 11) is 0. The van der Waals surface area contributed by atoms with Crippen LogP contribution in [0.4, 0.5) is 0 Å². The third-order valence-corrected chi connectivity index (χ3v) is 4.48. The maximum Gasteiger partial charge on any atom is 0.272 e. The number of nitrogens with one attached hydrogen (secondary N) is 1. The van der Waals surface area contributed by atoms with E-state index < -0.39 is 0 Å². The van der Waals surface area contributed by atoms with Gasteiger partial charge in [-0.15, -0.1) is 0 Å². The number of rotatable bonds is 2. The normalized spacial score (nSPS) is 17.1. The van der Waals surface area contributed by atoms with Crippen LogP contribution in [-0.2, 0) is 6.54 Å². The third kappa shape index (κ3) is 2.34. The molecule has 0 saturated carbocycles. The quantitative estimate of drug-likeness (QED) is 0.791. The number of aromatic amines is 1. The number of carbonyl (C=O) groups is 1. The lowest BCUT2D eigenvalue weighted by Crippen LogP contribution is -2.40. The fraction of sp³-hybridized carbons (Fsp3) is 0.222. The van der Waals surface area contributed by atoms with E-state index in [0.29, 0.717) is 12.2 Å². The van der Waals surface area contributed by atoms with Gasteiger partial charge in [0.2, 0.25) is 0 Å². The summed E-state index contributed by atoms with van der Waals surface area (Å²) < 4.78 is 2.21. The van der Waals surface area contributed by atoms with Gasteiger partial charge >= 0.3 is 0 Å². The van der Waals surface area contributed by atoms with Gasteiger partial charge in [-0.1, -0.05) is 30.3 Å². The van der Waals surface area contributed by atoms with Crippen molar-refractivity contribution in [3.63, 3.8) is 0 Å². The Morgan fingerprint density at radius 3 is 2.83 bits per heavy atom. The van der Waals surface area contributed by atoms with Gasteiger partial charge in [0.25, 0.3) is 5.91 Å². The number of amides is 1. The molecule has 4 rings (SSSR count). The first-order valence-electron chi connectivity index (χ1n) is 7.81. The van der Waals surface area contributed by atoms with Crippen molar-refractivity contribution in [3.05, 3.63) is 66.1 Å². The Labute approximate surface area is 134 Å². The number of nitrogens with zero attached hydrogens (tertiary/aromatic N) is 3. The van der Waals surface area contributed by atoms with Crippen LogP contribution in [0.3, 0.4) is 0 Å². The number of benzene rings is 1. The summed E-state index contributed by atoms with van der Waals surface area (Å²) >= 11 is 0. The summed E-state index contributed by atoms with van der Waals surface area (Å²) in [5.74, 6) is -0.000342. The van der Waals surface area contributed by atoms with E-state index in [-0.39, 0.29) is 11.9 Å². The van der Waals surface area contributed by atoms with E-state index in [1.54, 1.807) is 0 Å². The van der Waals surface area contributed by atoms with Crippen molar-refractivity contribution >= 4 is 5.91 Å². The van der Waals surface area contributed by atoms with Gasteiger partial charge < -0.3 is 9.47 Å². The first kappa shape index (κ1) is 13.8. The average Bonchev–Trinajstić information content (AvgIpc) is 3.25. The van der Waals surface area contributed by atoms with E-state index in [1.165, 1.54) is 5.69 Å². The Morgan fingerprint density at radius 1 is 1.17 bits per heavy atom. The second-order valence-corrected chi connectivity index (χ2v) is 5.83. The molecule has 116 valence electrons. The minimum Gasteiger partial charge on any atom is -0.348 e. The minimum absolute atomic E-state index is 0.000342. The van der Waals surface area contributed by atoms with Crippen molar-refractivity contribution in [1.29, 1.82) is 0 Å². The van der Waals surface area contributed by atoms with Gasteiger partial charge in [0, 0.05) is 30.5 Å². The average molecular weight is 306 g/mol. The molecular weight excluding hydrogens is 288 g/mol. The van der Waals surface area contributed by atoms with Crippen molar-refractivity contribution in [3.8, 4) is 11.3 Å². The zero-order valence-electron chi connectivity index (χ0n) is 12.9. The lowest BCUT2D eigenvalue weighted by molar-refractivity contribution is 0.0638. The van der Waals surface area contributed by atoms with Gasteiger partial charge in [-0.2, -0.15) is 5.10 Å². The Balaban J connectivity index is 1.60. The van der Waals surface area contributed by atoms with Crippen molar-refractivity contribution in [1.82, 2.24) is 19.7 Å². The second kappa shape index (κ2) is 5.43. The molecule has 1 atom stereocenters. The smallest absolute Gasteiger partial charge is 0.272 e. The van der Waals surface area contributed by atoms with Crippen LogP contribution in [0.5, 0.6) is 0 Å². The Hall–Kier alpha value is -2.82. The number of H-pyrrole nitrogens is 1. The molecule has 1 N–H and O–H groups in total. The van der Waals surface area contributed by atoms with Crippen molar-refractivity contribution in [2.24, 2.45) is 0 Å². The fourth-order valence-corrected chi connectivity index (χ4v) is 3.20. The van der Waals surface area contributed by atoms with Crippen LogP contribution in [-0.4, -0.2) is 32.1 Å². The maximum absolute atomic E-state index is 12.8. The van der Waals surface area contributed by atoms with E-state index in [1.807, 2.05) is 47.4 Å². The van der Waals surface area contributed by atoms with Crippen LogP contribution in [0.15, 0.2) is 54.7 Å². The molecule has 5 nitrogen and oxygen atoms in total. The molecular formula is C18H18N4O. The Morgan fingerprint density at radius 2 is 2.00 bits per heavy atom. The van der Waals surface area contributed by atoms with E-state index in [2.05, 4.69) is 34.0 Å². The number of hydrogen-bond donors (Lipinski definition) is 1. The SMILES string of the molecule is C[C@@H]1c2cccn2CCN1C(=O)c1cc(-c2ccccc2)n[nH]1. The van der Waals surface area contributed by atoms with Crippen LogP contribution in [0.2, 0.25) is 0 Å². The van der Waals surface area contributed by atoms with E-state index >= 15 is 0 Å². The summed E-state index contributed by atoms with van der Waals surface area (Å²) in [4.78, 5) is 14.7. The highest BCUT2D eigenvalue weighted by Crippen LogP contribution is 2.27. The number of aromatic nitrogens is 3. The number of fused-ring (bicyclic) bond motifs is 1. The molecule has 3 aromatic rings. The molecule has 1 amide bonds. The van der Waals surface area contributed by atoms with Gasteiger partial charge in [-0.05, 0) is 25.1 Å². The molecule has 0 aliphatic carbocycles. The molecule has 23 heavy (non-hydrogen) atoms. The number of carbonyl (C=O) groups excluding carboxylic acids is 1. The zero-order valence-corrected chi connectivity index (χ0v) is 12.9. The van der Waals surface area contributed by atoms with Crippen LogP contribution in [0.25, 0.3) is 11.3 Å². The first-order valence-corrected chi connectivity index (χ1v) is 7.81. The predicted molar refractivity (Wildman–Crippen MR) is 87.9 cm³/mol. The van der Waals surface area contributed by atoms with Crippen molar-refractivity contribution in [2.45, 2.75) is 19.5 Å². The van der Waals surface area contributed by atoms with E-state index in [9.17, 15) is 4.79 Å². The molecule has 2 aromatic heterocycles. The van der Waals surface area contributed by atoms with Gasteiger partial charge in [0.15, 0.2) is 0 Å². The molecule has 5 heteroatoms. The van der Waals surface area contributed by atoms with Gasteiger partial charge in [0.1, 0.15) is 5.69 Å². The highest BCUT2D eigenvalue weighted by Gasteiger charge is 2.29. The highest BCUT2D eigenvalue weighted by atomic mass is 16.2. The lowest BCUT2D eigenvalue weighted by atomic mass is 10.1. The first-order chi connectivity index (χ1) is 11.2. The molecule has 1 aliphatic rings. The summed E-state index contributed by atoms with van der Waals surface area (Å²) in [5, 5.41) is 7.18. The lowest BCUT2D eigenvalue weighted by Gasteiger charge is -2.34. The van der Waals surface area contributed by atoms with Crippen LogP contribution < -0.4 is 0 Å². The van der Waals surface area contributed by atoms with E-state index in [0.717, 1.165) is 17.8 Å². The molecule has 0 radical (unpaired) electrons. The standard InChI is InChI=1S/C18H18N4O/c1-13-17-8-5-9-21(17)10-11-22(13)18(23)16-12-15(19-20-16)14-6-3-2-4-7-14/h2-9,12-13H,10-11H2,1H3,(H,19,20)/t13-/m1/s1. The molecule has 0 fully saturated rings. The summed E-state index contributed by atoms with van der Waals surface area (Å²) in [6.07, 6.45) is 2.07. The maximum atomic E-state index is 12.8. The zero-order chi connectivity index (χ0) is 15.8. The molecule has 0 saturated heterocycles.